The van der Waals surface area contributed by atoms with E-state index in [0.717, 1.165) is 0 Å². The third-order valence-corrected chi connectivity index (χ3v) is 1.81. The lowest BCUT2D eigenvalue weighted by atomic mass is 9.96. The highest BCUT2D eigenvalue weighted by Gasteiger charge is 2.02. The van der Waals surface area contributed by atoms with Crippen LogP contribution in [0.1, 0.15) is 20.3 Å². The SMILES string of the molecule is C=C(C)C1=CCC(C)C=C1. The number of hydrogen-bond acceptors (Lipinski definition) is 0. The van der Waals surface area contributed by atoms with Crippen molar-refractivity contribution in [2.75, 3.05) is 0 Å². The lowest BCUT2D eigenvalue weighted by Crippen LogP contribution is -1.94. The molecule has 0 saturated heterocycles. The summed E-state index contributed by atoms with van der Waals surface area (Å²) in [4.78, 5) is 0. The lowest BCUT2D eigenvalue weighted by molar-refractivity contribution is 0.732. The van der Waals surface area contributed by atoms with Gasteiger partial charge in [0.2, 0.25) is 0 Å². The van der Waals surface area contributed by atoms with Gasteiger partial charge in [-0.25, -0.2) is 0 Å². The highest BCUT2D eigenvalue weighted by Crippen LogP contribution is 2.19. The molecule has 0 heteroatoms. The van der Waals surface area contributed by atoms with E-state index in [0.29, 0.717) is 5.92 Å². The Balaban J connectivity index is 2.67. The molecule has 0 spiro atoms. The Morgan fingerprint density at radius 2 is 2.40 bits per heavy atom. The van der Waals surface area contributed by atoms with E-state index in [1.165, 1.54) is 17.6 Å². The van der Waals surface area contributed by atoms with Crippen molar-refractivity contribution in [3.05, 3.63) is 36.0 Å². The van der Waals surface area contributed by atoms with Crippen molar-refractivity contribution in [1.82, 2.24) is 0 Å². The second-order valence-corrected chi connectivity index (χ2v) is 3.01. The third kappa shape index (κ3) is 1.60. The van der Waals surface area contributed by atoms with E-state index in [2.05, 4.69) is 31.7 Å². The predicted molar refractivity (Wildman–Crippen MR) is 45.8 cm³/mol. The topological polar surface area (TPSA) is 0 Å². The molecule has 1 aliphatic carbocycles. The van der Waals surface area contributed by atoms with Crippen molar-refractivity contribution >= 4 is 0 Å². The minimum Gasteiger partial charge on any atom is -0.0955 e. The summed E-state index contributed by atoms with van der Waals surface area (Å²) >= 11 is 0. The fourth-order valence-corrected chi connectivity index (χ4v) is 1.04. The normalized spacial score (nSPS) is 24.2. The van der Waals surface area contributed by atoms with Crippen LogP contribution in [-0.2, 0) is 0 Å². The smallest absolute Gasteiger partial charge is 0.0224 e. The summed E-state index contributed by atoms with van der Waals surface area (Å²) in [5, 5.41) is 0. The third-order valence-electron chi connectivity index (χ3n) is 1.81. The van der Waals surface area contributed by atoms with Gasteiger partial charge in [0.05, 0.1) is 0 Å². The first-order valence-corrected chi connectivity index (χ1v) is 3.74. The highest BCUT2D eigenvalue weighted by atomic mass is 14.1. The molecule has 1 rings (SSSR count). The lowest BCUT2D eigenvalue weighted by Gasteiger charge is -2.10. The monoisotopic (exact) mass is 134 g/mol. The zero-order valence-corrected chi connectivity index (χ0v) is 6.72. The molecule has 1 unspecified atom stereocenters. The predicted octanol–water partition coefficient (Wildman–Crippen LogP) is 3.08. The van der Waals surface area contributed by atoms with Gasteiger partial charge in [0.15, 0.2) is 0 Å². The second kappa shape index (κ2) is 2.87. The molecular weight excluding hydrogens is 120 g/mol. The Morgan fingerprint density at radius 3 is 2.80 bits per heavy atom. The Labute approximate surface area is 62.9 Å². The van der Waals surface area contributed by atoms with Gasteiger partial charge in [-0.15, -0.1) is 0 Å². The molecule has 1 atom stereocenters. The van der Waals surface area contributed by atoms with Crippen LogP contribution in [-0.4, -0.2) is 0 Å². The van der Waals surface area contributed by atoms with E-state index >= 15 is 0 Å². The van der Waals surface area contributed by atoms with E-state index in [4.69, 9.17) is 0 Å². The van der Waals surface area contributed by atoms with Gasteiger partial charge in [0, 0.05) is 0 Å². The minimum absolute atomic E-state index is 0.711. The van der Waals surface area contributed by atoms with Crippen molar-refractivity contribution in [3.8, 4) is 0 Å². The van der Waals surface area contributed by atoms with Gasteiger partial charge in [-0.2, -0.15) is 0 Å². The van der Waals surface area contributed by atoms with Crippen molar-refractivity contribution < 1.29 is 0 Å². The van der Waals surface area contributed by atoms with Crippen LogP contribution in [0, 0.1) is 5.92 Å². The zero-order valence-electron chi connectivity index (χ0n) is 6.72. The molecule has 0 aromatic rings. The van der Waals surface area contributed by atoms with Crippen LogP contribution in [0.3, 0.4) is 0 Å². The molecule has 54 valence electrons. The molecule has 0 aromatic carbocycles. The van der Waals surface area contributed by atoms with Gasteiger partial charge in [0.1, 0.15) is 0 Å². The van der Waals surface area contributed by atoms with Gasteiger partial charge < -0.3 is 0 Å². The van der Waals surface area contributed by atoms with Crippen molar-refractivity contribution in [2.24, 2.45) is 5.92 Å². The van der Waals surface area contributed by atoms with Gasteiger partial charge in [0.25, 0.3) is 0 Å². The number of hydrogen-bond donors (Lipinski definition) is 0. The summed E-state index contributed by atoms with van der Waals surface area (Å²) in [6, 6.07) is 0. The maximum atomic E-state index is 3.88. The van der Waals surface area contributed by atoms with Gasteiger partial charge in [-0.05, 0) is 24.8 Å². The van der Waals surface area contributed by atoms with Crippen LogP contribution in [0.25, 0.3) is 0 Å². The first-order valence-electron chi connectivity index (χ1n) is 3.74. The molecule has 1 aliphatic rings. The molecule has 0 bridgehead atoms. The summed E-state index contributed by atoms with van der Waals surface area (Å²) < 4.78 is 0. The zero-order chi connectivity index (χ0) is 7.56. The van der Waals surface area contributed by atoms with E-state index in [1.807, 2.05) is 6.92 Å². The molecule has 0 N–H and O–H groups in total. The maximum Gasteiger partial charge on any atom is -0.0224 e. The standard InChI is InChI=1S/C10H14/c1-8(2)10-6-4-9(3)5-7-10/h4,6-7,9H,1,5H2,2-3H3. The fraction of sp³-hybridized carbons (Fsp3) is 0.400. The number of rotatable bonds is 1. The molecule has 0 aromatic heterocycles. The Kier molecular flexibility index (Phi) is 2.10. The van der Waals surface area contributed by atoms with Crippen LogP contribution in [0.5, 0.6) is 0 Å². The van der Waals surface area contributed by atoms with Crippen LogP contribution in [0.15, 0.2) is 36.0 Å². The van der Waals surface area contributed by atoms with Crippen molar-refractivity contribution in [2.45, 2.75) is 20.3 Å². The molecule has 10 heavy (non-hydrogen) atoms. The molecule has 0 heterocycles. The summed E-state index contributed by atoms with van der Waals surface area (Å²) in [6.45, 7) is 8.16. The minimum atomic E-state index is 0.711. The van der Waals surface area contributed by atoms with E-state index < -0.39 is 0 Å². The van der Waals surface area contributed by atoms with Crippen molar-refractivity contribution in [1.29, 1.82) is 0 Å². The summed E-state index contributed by atoms with van der Waals surface area (Å²) in [5.74, 6) is 0.711. The average molecular weight is 134 g/mol. The Bertz CT molecular complexity index is 194. The summed E-state index contributed by atoms with van der Waals surface area (Å²) in [5.41, 5.74) is 2.47. The average Bonchev–Trinajstić information content (AvgIpc) is 1.88. The van der Waals surface area contributed by atoms with Gasteiger partial charge in [-0.1, -0.05) is 37.3 Å². The fourth-order valence-electron chi connectivity index (χ4n) is 1.04. The molecule has 0 radical (unpaired) electrons. The summed E-state index contributed by atoms with van der Waals surface area (Å²) in [7, 11) is 0. The molecule has 0 aliphatic heterocycles. The van der Waals surface area contributed by atoms with Gasteiger partial charge in [-0.3, -0.25) is 0 Å². The summed E-state index contributed by atoms with van der Waals surface area (Å²) in [6.07, 6.45) is 7.83. The van der Waals surface area contributed by atoms with Crippen LogP contribution in [0.4, 0.5) is 0 Å². The van der Waals surface area contributed by atoms with Crippen molar-refractivity contribution in [3.63, 3.8) is 0 Å². The van der Waals surface area contributed by atoms with Crippen LogP contribution in [0.2, 0.25) is 0 Å². The molecule has 0 fully saturated rings. The molecule has 0 nitrogen and oxygen atoms in total. The number of allylic oxidation sites excluding steroid dienone is 5. The Morgan fingerprint density at radius 1 is 1.70 bits per heavy atom. The van der Waals surface area contributed by atoms with E-state index in [9.17, 15) is 0 Å². The van der Waals surface area contributed by atoms with Gasteiger partial charge >= 0.3 is 0 Å². The van der Waals surface area contributed by atoms with Crippen LogP contribution < -0.4 is 0 Å². The maximum absolute atomic E-state index is 3.88. The van der Waals surface area contributed by atoms with Crippen LogP contribution >= 0.6 is 0 Å². The van der Waals surface area contributed by atoms with E-state index in [1.54, 1.807) is 0 Å². The molecule has 0 saturated carbocycles. The quantitative estimate of drug-likeness (QED) is 0.517. The molecule has 0 amide bonds. The first-order chi connectivity index (χ1) is 4.70. The largest absolute Gasteiger partial charge is 0.0955 e. The first kappa shape index (κ1) is 7.33. The van der Waals surface area contributed by atoms with E-state index in [-0.39, 0.29) is 0 Å². The second-order valence-electron chi connectivity index (χ2n) is 3.01. The molecular formula is C10H14. The Hall–Kier alpha value is -0.780. The highest BCUT2D eigenvalue weighted by molar-refractivity contribution is 5.38.